The number of likely N-dealkylation sites (N-methyl/N-ethyl adjacent to an activating group) is 1. The summed E-state index contributed by atoms with van der Waals surface area (Å²) >= 11 is 0. The van der Waals surface area contributed by atoms with Crippen molar-refractivity contribution < 1.29 is 4.74 Å². The second-order valence-corrected chi connectivity index (χ2v) is 3.76. The largest absolute Gasteiger partial charge is 0.383 e. The van der Waals surface area contributed by atoms with E-state index < -0.39 is 0 Å². The molecule has 0 saturated heterocycles. The third kappa shape index (κ3) is 2.20. The monoisotopic (exact) mass is 182 g/mol. The first-order chi connectivity index (χ1) is 6.25. The van der Waals surface area contributed by atoms with Gasteiger partial charge in [-0.25, -0.2) is 0 Å². The van der Waals surface area contributed by atoms with Crippen molar-refractivity contribution in [3.05, 3.63) is 0 Å². The lowest BCUT2D eigenvalue weighted by Crippen LogP contribution is -2.44. The molecule has 1 rings (SSSR count). The molecule has 13 heavy (non-hydrogen) atoms. The molecule has 0 N–H and O–H groups in total. The molecule has 0 amide bonds. The van der Waals surface area contributed by atoms with Gasteiger partial charge in [-0.1, -0.05) is 12.8 Å². The highest BCUT2D eigenvalue weighted by molar-refractivity contribution is 5.10. The fourth-order valence-corrected chi connectivity index (χ4v) is 1.98. The maximum absolute atomic E-state index is 9.15. The first kappa shape index (κ1) is 10.5. The van der Waals surface area contributed by atoms with Gasteiger partial charge in [0, 0.05) is 13.7 Å². The summed E-state index contributed by atoms with van der Waals surface area (Å²) in [7, 11) is 3.72. The van der Waals surface area contributed by atoms with Gasteiger partial charge >= 0.3 is 0 Å². The number of rotatable bonds is 4. The standard InChI is InChI=1S/C10H18N2O/c1-12(7-8-13-2)10(9-11)5-3-4-6-10/h3-8H2,1-2H3. The molecule has 0 bridgehead atoms. The van der Waals surface area contributed by atoms with Gasteiger partial charge in [0.25, 0.3) is 0 Å². The van der Waals surface area contributed by atoms with Gasteiger partial charge in [0.2, 0.25) is 0 Å². The van der Waals surface area contributed by atoms with Crippen LogP contribution in [0.15, 0.2) is 0 Å². The van der Waals surface area contributed by atoms with Crippen LogP contribution in [0.1, 0.15) is 25.7 Å². The van der Waals surface area contributed by atoms with Crippen molar-refractivity contribution in [1.82, 2.24) is 4.90 Å². The SMILES string of the molecule is COCCN(C)C1(C#N)CCCC1. The van der Waals surface area contributed by atoms with E-state index in [0.717, 1.165) is 19.4 Å². The lowest BCUT2D eigenvalue weighted by molar-refractivity contribution is 0.113. The molecule has 1 aliphatic rings. The molecule has 1 aliphatic carbocycles. The number of nitriles is 1. The van der Waals surface area contributed by atoms with E-state index >= 15 is 0 Å². The van der Waals surface area contributed by atoms with Crippen LogP contribution >= 0.6 is 0 Å². The molecule has 3 heteroatoms. The van der Waals surface area contributed by atoms with Crippen LogP contribution in [0.5, 0.6) is 0 Å². The highest BCUT2D eigenvalue weighted by Crippen LogP contribution is 2.33. The zero-order chi connectivity index (χ0) is 9.73. The van der Waals surface area contributed by atoms with Crippen LogP contribution in [0.3, 0.4) is 0 Å². The molecule has 74 valence electrons. The molecule has 1 saturated carbocycles. The molecule has 0 unspecified atom stereocenters. The summed E-state index contributed by atoms with van der Waals surface area (Å²) in [6, 6.07) is 2.46. The minimum Gasteiger partial charge on any atom is -0.383 e. The van der Waals surface area contributed by atoms with E-state index in [0.29, 0.717) is 6.61 Å². The summed E-state index contributed by atoms with van der Waals surface area (Å²) < 4.78 is 5.01. The Labute approximate surface area is 80.3 Å². The highest BCUT2D eigenvalue weighted by atomic mass is 16.5. The molecule has 1 fully saturated rings. The molecule has 0 radical (unpaired) electrons. The van der Waals surface area contributed by atoms with Gasteiger partial charge in [0.05, 0.1) is 12.7 Å². The van der Waals surface area contributed by atoms with E-state index in [1.165, 1.54) is 12.8 Å². The normalized spacial score (nSPS) is 20.5. The summed E-state index contributed by atoms with van der Waals surface area (Å²) in [6.07, 6.45) is 4.41. The minimum absolute atomic E-state index is 0.196. The summed E-state index contributed by atoms with van der Waals surface area (Å²) in [5, 5.41) is 9.15. The minimum atomic E-state index is -0.196. The molecule has 0 aromatic heterocycles. The molecule has 0 aliphatic heterocycles. The first-order valence-corrected chi connectivity index (χ1v) is 4.86. The smallest absolute Gasteiger partial charge is 0.109 e. The number of nitrogens with zero attached hydrogens (tertiary/aromatic N) is 2. The van der Waals surface area contributed by atoms with Gasteiger partial charge in [0.1, 0.15) is 5.54 Å². The quantitative estimate of drug-likeness (QED) is 0.659. The van der Waals surface area contributed by atoms with Crippen LogP contribution < -0.4 is 0 Å². The summed E-state index contributed by atoms with van der Waals surface area (Å²) in [5.74, 6) is 0. The Bertz CT molecular complexity index is 192. The van der Waals surface area contributed by atoms with E-state index in [4.69, 9.17) is 10.00 Å². The van der Waals surface area contributed by atoms with Crippen LogP contribution in [0, 0.1) is 11.3 Å². The zero-order valence-corrected chi connectivity index (χ0v) is 8.55. The van der Waals surface area contributed by atoms with Crippen molar-refractivity contribution in [2.75, 3.05) is 27.3 Å². The summed E-state index contributed by atoms with van der Waals surface area (Å²) in [5.41, 5.74) is -0.196. The first-order valence-electron chi connectivity index (χ1n) is 4.86. The van der Waals surface area contributed by atoms with Gasteiger partial charge in [-0.05, 0) is 19.9 Å². The lowest BCUT2D eigenvalue weighted by atomic mass is 9.98. The van der Waals surface area contributed by atoms with E-state index in [-0.39, 0.29) is 5.54 Å². The maximum Gasteiger partial charge on any atom is 0.109 e. The number of ether oxygens (including phenoxy) is 1. The Hall–Kier alpha value is -0.590. The Morgan fingerprint density at radius 1 is 1.46 bits per heavy atom. The third-order valence-electron chi connectivity index (χ3n) is 3.00. The van der Waals surface area contributed by atoms with Gasteiger partial charge in [-0.2, -0.15) is 5.26 Å². The molecule has 0 aromatic carbocycles. The van der Waals surface area contributed by atoms with Gasteiger partial charge in [0.15, 0.2) is 0 Å². The second-order valence-electron chi connectivity index (χ2n) is 3.76. The molecule has 0 spiro atoms. The van der Waals surface area contributed by atoms with Gasteiger partial charge < -0.3 is 4.74 Å². The molecular formula is C10H18N2O. The average molecular weight is 182 g/mol. The van der Waals surface area contributed by atoms with Crippen molar-refractivity contribution in [2.45, 2.75) is 31.2 Å². The summed E-state index contributed by atoms with van der Waals surface area (Å²) in [6.45, 7) is 1.56. The van der Waals surface area contributed by atoms with Crippen LogP contribution in [-0.4, -0.2) is 37.7 Å². The number of hydrogen-bond acceptors (Lipinski definition) is 3. The van der Waals surface area contributed by atoms with Crippen LogP contribution in [0.2, 0.25) is 0 Å². The Kier molecular flexibility index (Phi) is 3.71. The third-order valence-corrected chi connectivity index (χ3v) is 3.00. The molecule has 0 atom stereocenters. The van der Waals surface area contributed by atoms with E-state index in [2.05, 4.69) is 11.0 Å². The maximum atomic E-state index is 9.15. The lowest BCUT2D eigenvalue weighted by Gasteiger charge is -2.32. The summed E-state index contributed by atoms with van der Waals surface area (Å²) in [4.78, 5) is 2.14. The number of methoxy groups -OCH3 is 1. The van der Waals surface area contributed by atoms with Crippen molar-refractivity contribution in [2.24, 2.45) is 0 Å². The Balaban J connectivity index is 2.50. The van der Waals surface area contributed by atoms with Crippen molar-refractivity contribution >= 4 is 0 Å². The van der Waals surface area contributed by atoms with Crippen LogP contribution in [0.4, 0.5) is 0 Å². The molecule has 0 heterocycles. The van der Waals surface area contributed by atoms with Gasteiger partial charge in [-0.15, -0.1) is 0 Å². The number of hydrogen-bond donors (Lipinski definition) is 0. The van der Waals surface area contributed by atoms with Crippen molar-refractivity contribution in [1.29, 1.82) is 5.26 Å². The van der Waals surface area contributed by atoms with Gasteiger partial charge in [-0.3, -0.25) is 4.90 Å². The van der Waals surface area contributed by atoms with E-state index in [9.17, 15) is 0 Å². The van der Waals surface area contributed by atoms with Crippen LogP contribution in [0.25, 0.3) is 0 Å². The van der Waals surface area contributed by atoms with Crippen molar-refractivity contribution in [3.63, 3.8) is 0 Å². The topological polar surface area (TPSA) is 36.3 Å². The van der Waals surface area contributed by atoms with E-state index in [1.54, 1.807) is 7.11 Å². The Morgan fingerprint density at radius 3 is 2.54 bits per heavy atom. The molecule has 0 aromatic rings. The van der Waals surface area contributed by atoms with E-state index in [1.807, 2.05) is 7.05 Å². The molecule has 3 nitrogen and oxygen atoms in total. The van der Waals surface area contributed by atoms with Crippen LogP contribution in [-0.2, 0) is 4.74 Å². The zero-order valence-electron chi connectivity index (χ0n) is 8.55. The predicted molar refractivity (Wildman–Crippen MR) is 51.3 cm³/mol. The average Bonchev–Trinajstić information content (AvgIpc) is 2.63. The molecular weight excluding hydrogens is 164 g/mol. The Morgan fingerprint density at radius 2 is 2.08 bits per heavy atom. The van der Waals surface area contributed by atoms with Crippen molar-refractivity contribution in [3.8, 4) is 6.07 Å². The second kappa shape index (κ2) is 4.59. The fraction of sp³-hybridized carbons (Fsp3) is 0.900. The predicted octanol–water partition coefficient (Wildman–Crippen LogP) is 1.40. The highest BCUT2D eigenvalue weighted by Gasteiger charge is 2.37. The fourth-order valence-electron chi connectivity index (χ4n) is 1.98.